The van der Waals surface area contributed by atoms with Gasteiger partial charge in [0.1, 0.15) is 5.54 Å². The van der Waals surface area contributed by atoms with Crippen LogP contribution >= 0.6 is 0 Å². The van der Waals surface area contributed by atoms with Gasteiger partial charge in [-0.3, -0.25) is 9.59 Å². The Morgan fingerprint density at radius 3 is 2.43 bits per heavy atom. The fourth-order valence-corrected chi connectivity index (χ4v) is 2.94. The molecular formula is C13H25N3O4S. The molecule has 1 N–H and O–H groups in total. The standard InChI is InChI=1S/C13H25N3O4S/c1-5-7-15-8-9-16(13(3,4)12(15)18)11(17)10-14-21(19,20)6-2/h14H,5-10H2,1-4H3. The van der Waals surface area contributed by atoms with Crippen LogP contribution in [0.3, 0.4) is 0 Å². The maximum atomic E-state index is 12.4. The van der Waals surface area contributed by atoms with Gasteiger partial charge < -0.3 is 9.80 Å². The zero-order chi connectivity index (χ0) is 16.3. The average molecular weight is 319 g/mol. The lowest BCUT2D eigenvalue weighted by Gasteiger charge is -2.46. The second kappa shape index (κ2) is 6.74. The van der Waals surface area contributed by atoms with Gasteiger partial charge in [0.25, 0.3) is 0 Å². The minimum atomic E-state index is -3.42. The summed E-state index contributed by atoms with van der Waals surface area (Å²) in [6.45, 7) is 8.18. The van der Waals surface area contributed by atoms with Crippen LogP contribution in [0.15, 0.2) is 0 Å². The van der Waals surface area contributed by atoms with Gasteiger partial charge in [-0.05, 0) is 27.2 Å². The van der Waals surface area contributed by atoms with Crippen LogP contribution in [-0.4, -0.2) is 67.5 Å². The number of carbonyl (C=O) groups excluding carboxylic acids is 2. The predicted molar refractivity (Wildman–Crippen MR) is 80.1 cm³/mol. The van der Waals surface area contributed by atoms with Gasteiger partial charge in [0.15, 0.2) is 0 Å². The summed E-state index contributed by atoms with van der Waals surface area (Å²) >= 11 is 0. The zero-order valence-electron chi connectivity index (χ0n) is 13.2. The van der Waals surface area contributed by atoms with E-state index in [-0.39, 0.29) is 24.1 Å². The second-order valence-corrected chi connectivity index (χ2v) is 7.72. The Morgan fingerprint density at radius 2 is 1.90 bits per heavy atom. The number of nitrogens with one attached hydrogen (secondary N) is 1. The first-order valence-corrected chi connectivity index (χ1v) is 8.88. The molecule has 0 saturated carbocycles. The second-order valence-electron chi connectivity index (χ2n) is 5.62. The van der Waals surface area contributed by atoms with Gasteiger partial charge >= 0.3 is 0 Å². The molecule has 122 valence electrons. The van der Waals surface area contributed by atoms with Crippen molar-refractivity contribution >= 4 is 21.8 Å². The van der Waals surface area contributed by atoms with Crippen molar-refractivity contribution in [2.45, 2.75) is 39.7 Å². The van der Waals surface area contributed by atoms with Gasteiger partial charge in [-0.25, -0.2) is 13.1 Å². The van der Waals surface area contributed by atoms with E-state index in [1.165, 1.54) is 11.8 Å². The third-order valence-corrected chi connectivity index (χ3v) is 5.04. The van der Waals surface area contributed by atoms with Crippen molar-refractivity contribution in [2.75, 3.05) is 31.9 Å². The monoisotopic (exact) mass is 319 g/mol. The molecule has 1 aliphatic heterocycles. The minimum absolute atomic E-state index is 0.0765. The molecule has 1 heterocycles. The van der Waals surface area contributed by atoms with E-state index >= 15 is 0 Å². The van der Waals surface area contributed by atoms with Crippen LogP contribution in [0.1, 0.15) is 34.1 Å². The zero-order valence-corrected chi connectivity index (χ0v) is 14.0. The Balaban J connectivity index is 2.75. The molecule has 1 aliphatic rings. The van der Waals surface area contributed by atoms with Gasteiger partial charge in [-0.15, -0.1) is 0 Å². The smallest absolute Gasteiger partial charge is 0.248 e. The fraction of sp³-hybridized carbons (Fsp3) is 0.846. The highest BCUT2D eigenvalue weighted by molar-refractivity contribution is 7.89. The summed E-state index contributed by atoms with van der Waals surface area (Å²) in [7, 11) is -3.42. The highest BCUT2D eigenvalue weighted by Crippen LogP contribution is 2.22. The van der Waals surface area contributed by atoms with Gasteiger partial charge in [-0.2, -0.15) is 0 Å². The topological polar surface area (TPSA) is 86.8 Å². The highest BCUT2D eigenvalue weighted by atomic mass is 32.2. The van der Waals surface area contributed by atoms with E-state index in [1.807, 2.05) is 6.92 Å². The lowest BCUT2D eigenvalue weighted by atomic mass is 9.97. The molecule has 8 heteroatoms. The third-order valence-electron chi connectivity index (χ3n) is 3.70. The Kier molecular flexibility index (Phi) is 5.75. The molecule has 0 radical (unpaired) electrons. The molecule has 0 aromatic heterocycles. The Hall–Kier alpha value is -1.15. The summed E-state index contributed by atoms with van der Waals surface area (Å²) in [6.07, 6.45) is 0.867. The van der Waals surface area contributed by atoms with E-state index in [9.17, 15) is 18.0 Å². The molecule has 0 aromatic carbocycles. The van der Waals surface area contributed by atoms with Crippen LogP contribution in [0.2, 0.25) is 0 Å². The molecular weight excluding hydrogens is 294 g/mol. The van der Waals surface area contributed by atoms with Crippen LogP contribution in [0.25, 0.3) is 0 Å². The van der Waals surface area contributed by atoms with E-state index in [0.717, 1.165) is 6.42 Å². The molecule has 0 unspecified atom stereocenters. The van der Waals surface area contributed by atoms with E-state index in [4.69, 9.17) is 0 Å². The number of sulfonamides is 1. The average Bonchev–Trinajstić information content (AvgIpc) is 2.42. The van der Waals surface area contributed by atoms with Crippen LogP contribution in [0.5, 0.6) is 0 Å². The first-order chi connectivity index (χ1) is 9.65. The highest BCUT2D eigenvalue weighted by Gasteiger charge is 2.43. The number of piperazine rings is 1. The Morgan fingerprint density at radius 1 is 1.29 bits per heavy atom. The fourth-order valence-electron chi connectivity index (χ4n) is 2.39. The van der Waals surface area contributed by atoms with Crippen molar-refractivity contribution < 1.29 is 18.0 Å². The van der Waals surface area contributed by atoms with Gasteiger partial charge in [0, 0.05) is 19.6 Å². The van der Waals surface area contributed by atoms with Crippen LogP contribution in [-0.2, 0) is 19.6 Å². The van der Waals surface area contributed by atoms with Gasteiger partial charge in [0.05, 0.1) is 12.3 Å². The number of hydrogen-bond acceptors (Lipinski definition) is 4. The molecule has 0 spiro atoms. The SMILES string of the molecule is CCCN1CCN(C(=O)CNS(=O)(=O)CC)C(C)(C)C1=O. The van der Waals surface area contributed by atoms with Gasteiger partial charge in [-0.1, -0.05) is 6.92 Å². The maximum absolute atomic E-state index is 12.4. The molecule has 0 bridgehead atoms. The van der Waals surface area contributed by atoms with Crippen molar-refractivity contribution in [3.8, 4) is 0 Å². The summed E-state index contributed by atoms with van der Waals surface area (Å²) in [6, 6.07) is 0. The van der Waals surface area contributed by atoms with E-state index < -0.39 is 15.6 Å². The van der Waals surface area contributed by atoms with Crippen molar-refractivity contribution in [1.82, 2.24) is 14.5 Å². The van der Waals surface area contributed by atoms with Gasteiger partial charge in [0.2, 0.25) is 21.8 Å². The number of amides is 2. The summed E-state index contributed by atoms with van der Waals surface area (Å²) < 4.78 is 25.0. The largest absolute Gasteiger partial charge is 0.339 e. The quantitative estimate of drug-likeness (QED) is 0.733. The van der Waals surface area contributed by atoms with Crippen LogP contribution < -0.4 is 4.72 Å². The minimum Gasteiger partial charge on any atom is -0.339 e. The van der Waals surface area contributed by atoms with E-state index in [2.05, 4.69) is 4.72 Å². The predicted octanol–water partition coefficient (Wildman–Crippen LogP) is -0.215. The first kappa shape index (κ1) is 17.9. The number of hydrogen-bond donors (Lipinski definition) is 1. The molecule has 21 heavy (non-hydrogen) atoms. The lowest BCUT2D eigenvalue weighted by Crippen LogP contribution is -2.65. The summed E-state index contributed by atoms with van der Waals surface area (Å²) in [5.74, 6) is -0.545. The van der Waals surface area contributed by atoms with Crippen molar-refractivity contribution in [1.29, 1.82) is 0 Å². The molecule has 0 aromatic rings. The molecule has 1 saturated heterocycles. The van der Waals surface area contributed by atoms with E-state index in [1.54, 1.807) is 18.7 Å². The van der Waals surface area contributed by atoms with Crippen LogP contribution in [0, 0.1) is 0 Å². The molecule has 2 amide bonds. The Bertz CT molecular complexity index is 502. The molecule has 1 rings (SSSR count). The van der Waals surface area contributed by atoms with Crippen LogP contribution in [0.4, 0.5) is 0 Å². The third kappa shape index (κ3) is 4.16. The van der Waals surface area contributed by atoms with Crippen molar-refractivity contribution in [2.24, 2.45) is 0 Å². The summed E-state index contributed by atoms with van der Waals surface area (Å²) in [4.78, 5) is 27.8. The molecule has 7 nitrogen and oxygen atoms in total. The lowest BCUT2D eigenvalue weighted by molar-refractivity contribution is -0.158. The number of rotatable bonds is 6. The number of nitrogens with zero attached hydrogens (tertiary/aromatic N) is 2. The molecule has 0 atom stereocenters. The van der Waals surface area contributed by atoms with Crippen molar-refractivity contribution in [3.63, 3.8) is 0 Å². The molecule has 1 fully saturated rings. The van der Waals surface area contributed by atoms with E-state index in [0.29, 0.717) is 19.6 Å². The normalized spacial score (nSPS) is 19.0. The first-order valence-electron chi connectivity index (χ1n) is 7.23. The molecule has 0 aliphatic carbocycles. The summed E-state index contributed by atoms with van der Waals surface area (Å²) in [5, 5.41) is 0. The van der Waals surface area contributed by atoms with Crippen molar-refractivity contribution in [3.05, 3.63) is 0 Å². The maximum Gasteiger partial charge on any atom is 0.248 e. The summed E-state index contributed by atoms with van der Waals surface area (Å²) in [5.41, 5.74) is -0.942. The number of carbonyl (C=O) groups is 2. The Labute approximate surface area is 126 Å².